The molecule has 0 bridgehead atoms. The SMILES string of the molecule is CC1(C)CN(C(=O)NCc2ccccc2)c2ccccc21. The van der Waals surface area contributed by atoms with E-state index in [1.54, 1.807) is 0 Å². The summed E-state index contributed by atoms with van der Waals surface area (Å²) in [6.45, 7) is 5.62. The standard InChI is InChI=1S/C18H20N2O/c1-18(2)13-20(16-11-7-6-10-15(16)18)17(21)19-12-14-8-4-3-5-9-14/h3-11H,12-13H2,1-2H3,(H,19,21). The molecule has 2 amide bonds. The van der Waals surface area contributed by atoms with Gasteiger partial charge in [-0.3, -0.25) is 4.90 Å². The molecule has 3 nitrogen and oxygen atoms in total. The number of fused-ring (bicyclic) bond motifs is 1. The first kappa shape index (κ1) is 13.7. The van der Waals surface area contributed by atoms with E-state index in [2.05, 4.69) is 25.2 Å². The first-order valence-electron chi connectivity index (χ1n) is 7.27. The molecule has 1 heterocycles. The average molecular weight is 280 g/mol. The van der Waals surface area contributed by atoms with Crippen molar-refractivity contribution in [3.63, 3.8) is 0 Å². The van der Waals surface area contributed by atoms with Crippen LogP contribution < -0.4 is 10.2 Å². The summed E-state index contributed by atoms with van der Waals surface area (Å²) in [5.74, 6) is 0. The van der Waals surface area contributed by atoms with Gasteiger partial charge in [-0.25, -0.2) is 4.79 Å². The van der Waals surface area contributed by atoms with Crippen molar-refractivity contribution in [2.45, 2.75) is 25.8 Å². The fraction of sp³-hybridized carbons (Fsp3) is 0.278. The van der Waals surface area contributed by atoms with Crippen molar-refractivity contribution in [2.24, 2.45) is 0 Å². The van der Waals surface area contributed by atoms with Crippen LogP contribution in [-0.4, -0.2) is 12.6 Å². The minimum atomic E-state index is -0.0307. The van der Waals surface area contributed by atoms with Crippen LogP contribution in [0.4, 0.5) is 10.5 Å². The maximum atomic E-state index is 12.5. The van der Waals surface area contributed by atoms with Crippen molar-refractivity contribution >= 4 is 11.7 Å². The molecule has 0 spiro atoms. The number of nitrogens with one attached hydrogen (secondary N) is 1. The van der Waals surface area contributed by atoms with E-state index in [9.17, 15) is 4.79 Å². The second kappa shape index (κ2) is 5.24. The first-order valence-corrected chi connectivity index (χ1v) is 7.27. The number of urea groups is 1. The van der Waals surface area contributed by atoms with Gasteiger partial charge in [-0.05, 0) is 17.2 Å². The predicted molar refractivity (Wildman–Crippen MR) is 85.5 cm³/mol. The topological polar surface area (TPSA) is 32.3 Å². The third-order valence-corrected chi connectivity index (χ3v) is 4.01. The van der Waals surface area contributed by atoms with Gasteiger partial charge in [0.1, 0.15) is 0 Å². The van der Waals surface area contributed by atoms with Crippen molar-refractivity contribution in [3.05, 3.63) is 65.7 Å². The number of para-hydroxylation sites is 1. The Labute approximate surface area is 125 Å². The van der Waals surface area contributed by atoms with Gasteiger partial charge >= 0.3 is 6.03 Å². The fourth-order valence-corrected chi connectivity index (χ4v) is 2.90. The summed E-state index contributed by atoms with van der Waals surface area (Å²) in [7, 11) is 0. The van der Waals surface area contributed by atoms with Crippen LogP contribution in [0.15, 0.2) is 54.6 Å². The zero-order valence-corrected chi connectivity index (χ0v) is 12.5. The first-order chi connectivity index (χ1) is 10.1. The van der Waals surface area contributed by atoms with Crippen molar-refractivity contribution in [3.8, 4) is 0 Å². The van der Waals surface area contributed by atoms with Gasteiger partial charge in [-0.15, -0.1) is 0 Å². The molecule has 2 aromatic rings. The van der Waals surface area contributed by atoms with E-state index in [1.807, 2.05) is 53.4 Å². The number of amides is 2. The van der Waals surface area contributed by atoms with Gasteiger partial charge in [-0.2, -0.15) is 0 Å². The van der Waals surface area contributed by atoms with Gasteiger partial charge in [0.15, 0.2) is 0 Å². The van der Waals surface area contributed by atoms with Crippen LogP contribution >= 0.6 is 0 Å². The van der Waals surface area contributed by atoms with Crippen LogP contribution in [0.1, 0.15) is 25.0 Å². The molecule has 0 aliphatic carbocycles. The lowest BCUT2D eigenvalue weighted by atomic mass is 9.87. The molecule has 0 unspecified atom stereocenters. The number of nitrogens with zero attached hydrogens (tertiary/aromatic N) is 1. The van der Waals surface area contributed by atoms with Gasteiger partial charge in [0.2, 0.25) is 0 Å². The Morgan fingerprint density at radius 3 is 2.52 bits per heavy atom. The molecule has 1 aliphatic heterocycles. The number of hydrogen-bond donors (Lipinski definition) is 1. The largest absolute Gasteiger partial charge is 0.334 e. The van der Waals surface area contributed by atoms with Crippen LogP contribution in [0, 0.1) is 0 Å². The number of benzene rings is 2. The molecule has 0 fully saturated rings. The van der Waals surface area contributed by atoms with E-state index in [4.69, 9.17) is 0 Å². The number of hydrogen-bond acceptors (Lipinski definition) is 1. The third kappa shape index (κ3) is 2.64. The van der Waals surface area contributed by atoms with Crippen molar-refractivity contribution in [2.75, 3.05) is 11.4 Å². The number of carbonyl (C=O) groups excluding carboxylic acids is 1. The summed E-state index contributed by atoms with van der Waals surface area (Å²) in [4.78, 5) is 14.3. The smallest absolute Gasteiger partial charge is 0.322 e. The average Bonchev–Trinajstić information content (AvgIpc) is 2.78. The maximum Gasteiger partial charge on any atom is 0.322 e. The molecular weight excluding hydrogens is 260 g/mol. The summed E-state index contributed by atoms with van der Waals surface area (Å²) >= 11 is 0. The van der Waals surface area contributed by atoms with Gasteiger partial charge in [-0.1, -0.05) is 62.4 Å². The molecule has 0 saturated heterocycles. The van der Waals surface area contributed by atoms with E-state index in [1.165, 1.54) is 5.56 Å². The Morgan fingerprint density at radius 2 is 1.76 bits per heavy atom. The van der Waals surface area contributed by atoms with E-state index < -0.39 is 0 Å². The van der Waals surface area contributed by atoms with Crippen LogP contribution in [0.2, 0.25) is 0 Å². The predicted octanol–water partition coefficient (Wildman–Crippen LogP) is 3.69. The van der Waals surface area contributed by atoms with E-state index in [0.717, 1.165) is 11.3 Å². The summed E-state index contributed by atoms with van der Waals surface area (Å²) in [6.07, 6.45) is 0. The maximum absolute atomic E-state index is 12.5. The fourth-order valence-electron chi connectivity index (χ4n) is 2.90. The lowest BCUT2D eigenvalue weighted by Crippen LogP contribution is -2.41. The molecule has 2 aromatic carbocycles. The van der Waals surface area contributed by atoms with Crippen LogP contribution in [0.3, 0.4) is 0 Å². The van der Waals surface area contributed by atoms with Crippen LogP contribution in [0.25, 0.3) is 0 Å². The van der Waals surface area contributed by atoms with Crippen LogP contribution in [0.5, 0.6) is 0 Å². The summed E-state index contributed by atoms with van der Waals surface area (Å²) in [5, 5.41) is 3.01. The molecule has 0 radical (unpaired) electrons. The molecule has 0 saturated carbocycles. The molecule has 0 atom stereocenters. The zero-order chi connectivity index (χ0) is 14.9. The lowest BCUT2D eigenvalue weighted by Gasteiger charge is -2.21. The third-order valence-electron chi connectivity index (χ3n) is 4.01. The van der Waals surface area contributed by atoms with Gasteiger partial charge in [0.25, 0.3) is 0 Å². The monoisotopic (exact) mass is 280 g/mol. The summed E-state index contributed by atoms with van der Waals surface area (Å²) in [6, 6.07) is 18.1. The lowest BCUT2D eigenvalue weighted by molar-refractivity contribution is 0.245. The minimum Gasteiger partial charge on any atom is -0.334 e. The van der Waals surface area contributed by atoms with Gasteiger partial charge in [0.05, 0.1) is 0 Å². The summed E-state index contributed by atoms with van der Waals surface area (Å²) < 4.78 is 0. The number of rotatable bonds is 2. The highest BCUT2D eigenvalue weighted by atomic mass is 16.2. The van der Waals surface area contributed by atoms with E-state index >= 15 is 0 Å². The van der Waals surface area contributed by atoms with Gasteiger partial charge < -0.3 is 5.32 Å². The van der Waals surface area contributed by atoms with Crippen molar-refractivity contribution < 1.29 is 4.79 Å². The second-order valence-electron chi connectivity index (χ2n) is 6.13. The second-order valence-corrected chi connectivity index (χ2v) is 6.13. The number of anilines is 1. The molecule has 3 heteroatoms. The highest BCUT2D eigenvalue weighted by Gasteiger charge is 2.37. The molecule has 1 aliphatic rings. The van der Waals surface area contributed by atoms with Gasteiger partial charge in [0, 0.05) is 24.2 Å². The quantitative estimate of drug-likeness (QED) is 0.894. The van der Waals surface area contributed by atoms with E-state index in [-0.39, 0.29) is 11.4 Å². The molecular formula is C18H20N2O. The molecule has 1 N–H and O–H groups in total. The Kier molecular flexibility index (Phi) is 3.42. The Hall–Kier alpha value is -2.29. The molecule has 0 aromatic heterocycles. The Balaban J connectivity index is 1.75. The molecule has 21 heavy (non-hydrogen) atoms. The number of carbonyl (C=O) groups is 1. The van der Waals surface area contributed by atoms with Crippen molar-refractivity contribution in [1.29, 1.82) is 0 Å². The summed E-state index contributed by atoms with van der Waals surface area (Å²) in [5.41, 5.74) is 3.37. The van der Waals surface area contributed by atoms with Crippen molar-refractivity contribution in [1.82, 2.24) is 5.32 Å². The zero-order valence-electron chi connectivity index (χ0n) is 12.5. The Bertz CT molecular complexity index is 649. The minimum absolute atomic E-state index is 0.000675. The van der Waals surface area contributed by atoms with E-state index in [0.29, 0.717) is 13.1 Å². The molecule has 108 valence electrons. The highest BCUT2D eigenvalue weighted by Crippen LogP contribution is 2.39. The highest BCUT2D eigenvalue weighted by molar-refractivity contribution is 5.95. The normalized spacial score (nSPS) is 15.6. The Morgan fingerprint density at radius 1 is 1.10 bits per heavy atom. The van der Waals surface area contributed by atoms with Crippen LogP contribution in [-0.2, 0) is 12.0 Å². The molecule has 3 rings (SSSR count).